The quantitative estimate of drug-likeness (QED) is 0.402. The van der Waals surface area contributed by atoms with Gasteiger partial charge in [0, 0.05) is 19.7 Å². The highest BCUT2D eigenvalue weighted by molar-refractivity contribution is 9.10. The molecule has 0 atom stereocenters. The molecule has 0 aliphatic rings. The largest absolute Gasteiger partial charge is 0.243 e. The van der Waals surface area contributed by atoms with Gasteiger partial charge in [-0.3, -0.25) is 0 Å². The van der Waals surface area contributed by atoms with Gasteiger partial charge in [0.1, 0.15) is 11.0 Å². The van der Waals surface area contributed by atoms with E-state index in [1.165, 1.54) is 0 Å². The molecule has 0 spiro atoms. The molecular weight excluding hydrogens is 372 g/mol. The fraction of sp³-hybridized carbons (Fsp3) is 0. The Morgan fingerprint density at radius 3 is 1.63 bits per heavy atom. The Morgan fingerprint density at radius 1 is 0.684 bits per heavy atom. The van der Waals surface area contributed by atoms with E-state index in [-0.39, 0.29) is 0 Å². The molecule has 92 valence electrons. The van der Waals surface area contributed by atoms with Crippen LogP contribution in [-0.4, -0.2) is 10.3 Å². The van der Waals surface area contributed by atoms with Crippen molar-refractivity contribution >= 4 is 64.4 Å². The van der Waals surface area contributed by atoms with E-state index < -0.39 is 0 Å². The topological polar surface area (TPSA) is 38.9 Å². The minimum atomic E-state index is 0.793. The van der Waals surface area contributed by atoms with Gasteiger partial charge >= 0.3 is 0 Å². The van der Waals surface area contributed by atoms with Gasteiger partial charge in [0.15, 0.2) is 0 Å². The van der Waals surface area contributed by atoms with Crippen LogP contribution in [-0.2, 0) is 0 Å². The monoisotopic (exact) mass is 376 g/mol. The van der Waals surface area contributed by atoms with E-state index in [2.05, 4.69) is 54.3 Å². The molecule has 5 heteroatoms. The molecule has 3 nitrogen and oxygen atoms in total. The second kappa shape index (κ2) is 4.02. The van der Waals surface area contributed by atoms with Gasteiger partial charge in [-0.15, -0.1) is 0 Å². The first-order valence-electron chi connectivity index (χ1n) is 5.67. The van der Waals surface area contributed by atoms with E-state index in [4.69, 9.17) is 4.63 Å². The molecule has 4 rings (SSSR count). The number of fused-ring (bicyclic) bond motifs is 6. The van der Waals surface area contributed by atoms with Crippen molar-refractivity contribution in [3.8, 4) is 0 Å². The zero-order chi connectivity index (χ0) is 13.0. The van der Waals surface area contributed by atoms with Gasteiger partial charge < -0.3 is 0 Å². The fourth-order valence-corrected chi connectivity index (χ4v) is 3.16. The Labute approximate surface area is 124 Å². The molecule has 3 aromatic carbocycles. The summed E-state index contributed by atoms with van der Waals surface area (Å²) in [7, 11) is 0. The van der Waals surface area contributed by atoms with Gasteiger partial charge in [-0.05, 0) is 45.4 Å². The highest BCUT2D eigenvalue weighted by Crippen LogP contribution is 2.35. The molecule has 19 heavy (non-hydrogen) atoms. The van der Waals surface area contributed by atoms with E-state index in [0.29, 0.717) is 0 Å². The Bertz CT molecular complexity index is 871. The standard InChI is InChI=1S/C14H6Br2N2O/c15-7-1-3-9-10-4-2-8(16)6-12(10)14-13(11(9)5-7)17-19-18-14/h1-6H. The number of hydrogen-bond donors (Lipinski definition) is 0. The molecule has 0 N–H and O–H groups in total. The number of aromatic nitrogens is 2. The SMILES string of the molecule is Brc1ccc2c3ccc(Br)cc3c3nonc3c2c1. The molecule has 1 heterocycles. The van der Waals surface area contributed by atoms with Gasteiger partial charge in [-0.25, -0.2) is 4.63 Å². The van der Waals surface area contributed by atoms with Crippen molar-refractivity contribution in [3.05, 3.63) is 45.3 Å². The maximum absolute atomic E-state index is 4.93. The van der Waals surface area contributed by atoms with Crippen LogP contribution in [0.4, 0.5) is 0 Å². The molecular formula is C14H6Br2N2O. The average molecular weight is 378 g/mol. The van der Waals surface area contributed by atoms with Crippen LogP contribution in [0, 0.1) is 0 Å². The molecule has 0 aliphatic heterocycles. The van der Waals surface area contributed by atoms with Gasteiger partial charge in [0.05, 0.1) is 0 Å². The number of halogens is 2. The first-order valence-corrected chi connectivity index (χ1v) is 7.25. The van der Waals surface area contributed by atoms with Crippen LogP contribution in [0.5, 0.6) is 0 Å². The summed E-state index contributed by atoms with van der Waals surface area (Å²) >= 11 is 6.99. The molecule has 4 aromatic rings. The summed E-state index contributed by atoms with van der Waals surface area (Å²) in [4.78, 5) is 0. The summed E-state index contributed by atoms with van der Waals surface area (Å²) in [6.45, 7) is 0. The van der Waals surface area contributed by atoms with Crippen molar-refractivity contribution in [1.29, 1.82) is 0 Å². The number of rotatable bonds is 0. The van der Waals surface area contributed by atoms with Crippen LogP contribution in [0.2, 0.25) is 0 Å². The third kappa shape index (κ3) is 1.61. The zero-order valence-corrected chi connectivity index (χ0v) is 12.7. The van der Waals surface area contributed by atoms with Crippen LogP contribution < -0.4 is 0 Å². The predicted octanol–water partition coefficient (Wildman–Crippen LogP) is 5.05. The summed E-state index contributed by atoms with van der Waals surface area (Å²) in [5.41, 5.74) is 1.59. The summed E-state index contributed by atoms with van der Waals surface area (Å²) in [6, 6.07) is 12.3. The molecule has 0 unspecified atom stereocenters. The van der Waals surface area contributed by atoms with Crippen molar-refractivity contribution in [2.24, 2.45) is 0 Å². The number of nitrogens with zero attached hydrogens (tertiary/aromatic N) is 2. The Morgan fingerprint density at radius 2 is 1.16 bits per heavy atom. The second-order valence-corrected chi connectivity index (χ2v) is 6.17. The van der Waals surface area contributed by atoms with E-state index in [1.54, 1.807) is 0 Å². The number of hydrogen-bond acceptors (Lipinski definition) is 3. The van der Waals surface area contributed by atoms with Crippen molar-refractivity contribution in [2.45, 2.75) is 0 Å². The predicted molar refractivity (Wildman–Crippen MR) is 82.2 cm³/mol. The lowest BCUT2D eigenvalue weighted by Gasteiger charge is -2.05. The summed E-state index contributed by atoms with van der Waals surface area (Å²) in [6.07, 6.45) is 0. The van der Waals surface area contributed by atoms with Crippen molar-refractivity contribution in [2.75, 3.05) is 0 Å². The molecule has 1 aromatic heterocycles. The van der Waals surface area contributed by atoms with Crippen LogP contribution in [0.25, 0.3) is 32.6 Å². The minimum absolute atomic E-state index is 0.793. The number of benzene rings is 3. The lowest BCUT2D eigenvalue weighted by atomic mass is 10.0. The maximum atomic E-state index is 4.93. The Hall–Kier alpha value is -1.46. The third-order valence-electron chi connectivity index (χ3n) is 3.25. The molecule has 0 fully saturated rings. The molecule has 0 bridgehead atoms. The Kier molecular flexibility index (Phi) is 2.40. The molecule has 0 saturated carbocycles. The highest BCUT2D eigenvalue weighted by Gasteiger charge is 2.13. The lowest BCUT2D eigenvalue weighted by molar-refractivity contribution is 0.316. The van der Waals surface area contributed by atoms with E-state index in [1.807, 2.05) is 24.3 Å². The maximum Gasteiger partial charge on any atom is 0.143 e. The smallest absolute Gasteiger partial charge is 0.143 e. The normalized spacial score (nSPS) is 11.7. The zero-order valence-electron chi connectivity index (χ0n) is 9.52. The minimum Gasteiger partial charge on any atom is -0.243 e. The van der Waals surface area contributed by atoms with Crippen molar-refractivity contribution < 1.29 is 4.63 Å². The van der Waals surface area contributed by atoms with Crippen molar-refractivity contribution in [1.82, 2.24) is 10.3 Å². The molecule has 0 saturated heterocycles. The fourth-order valence-electron chi connectivity index (χ4n) is 2.44. The summed E-state index contributed by atoms with van der Waals surface area (Å²) in [5.74, 6) is 0. The summed E-state index contributed by atoms with van der Waals surface area (Å²) < 4.78 is 6.96. The Balaban J connectivity index is 2.40. The van der Waals surface area contributed by atoms with Crippen molar-refractivity contribution in [3.63, 3.8) is 0 Å². The van der Waals surface area contributed by atoms with E-state index in [0.717, 1.165) is 41.5 Å². The van der Waals surface area contributed by atoms with Crippen LogP contribution in [0.3, 0.4) is 0 Å². The molecule has 0 amide bonds. The van der Waals surface area contributed by atoms with Gasteiger partial charge in [0.25, 0.3) is 0 Å². The summed E-state index contributed by atoms with van der Waals surface area (Å²) in [5, 5.41) is 12.5. The van der Waals surface area contributed by atoms with Gasteiger partial charge in [-0.1, -0.05) is 44.0 Å². The van der Waals surface area contributed by atoms with Gasteiger partial charge in [-0.2, -0.15) is 0 Å². The third-order valence-corrected chi connectivity index (χ3v) is 4.24. The highest BCUT2D eigenvalue weighted by atomic mass is 79.9. The van der Waals surface area contributed by atoms with Gasteiger partial charge in [0.2, 0.25) is 0 Å². The van der Waals surface area contributed by atoms with E-state index >= 15 is 0 Å². The second-order valence-electron chi connectivity index (χ2n) is 4.34. The average Bonchev–Trinajstić information content (AvgIpc) is 2.88. The first kappa shape index (κ1) is 11.4. The van der Waals surface area contributed by atoms with Crippen LogP contribution in [0.15, 0.2) is 50.0 Å². The molecule has 0 aliphatic carbocycles. The van der Waals surface area contributed by atoms with Crippen LogP contribution >= 0.6 is 31.9 Å². The first-order chi connectivity index (χ1) is 9.24. The van der Waals surface area contributed by atoms with Crippen LogP contribution in [0.1, 0.15) is 0 Å². The lowest BCUT2D eigenvalue weighted by Crippen LogP contribution is -1.82. The van der Waals surface area contributed by atoms with E-state index in [9.17, 15) is 0 Å². The molecule has 0 radical (unpaired) electrons.